The molecule has 29 heavy (non-hydrogen) atoms. The molecule has 0 bridgehead atoms. The van der Waals surface area contributed by atoms with Crippen molar-refractivity contribution in [2.45, 2.75) is 25.4 Å². The summed E-state index contributed by atoms with van der Waals surface area (Å²) in [4.78, 5) is 47.1. The van der Waals surface area contributed by atoms with E-state index in [9.17, 15) is 23.6 Å². The van der Waals surface area contributed by atoms with Gasteiger partial charge in [0.1, 0.15) is 17.0 Å². The summed E-state index contributed by atoms with van der Waals surface area (Å²) < 4.78 is 24.7. The predicted octanol–water partition coefficient (Wildman–Crippen LogP) is 0.701. The van der Waals surface area contributed by atoms with E-state index in [1.807, 2.05) is 0 Å². The van der Waals surface area contributed by atoms with Crippen LogP contribution in [-0.2, 0) is 23.9 Å². The molecule has 2 N–H and O–H groups in total. The molecule has 0 radical (unpaired) electrons. The highest BCUT2D eigenvalue weighted by Gasteiger charge is 2.34. The molecule has 1 aromatic carbocycles. The van der Waals surface area contributed by atoms with Crippen LogP contribution in [0.15, 0.2) is 23.3 Å². The average molecular weight is 424 g/mol. The predicted molar refractivity (Wildman–Crippen MR) is 101 cm³/mol. The number of hydrogen-bond donors (Lipinski definition) is 2. The smallest absolute Gasteiger partial charge is 0.414 e. The number of hydrogen-bond acceptors (Lipinski definition) is 8. The Balaban J connectivity index is 1.74. The number of carbonyl (C=O) groups excluding carboxylic acids is 4. The molecule has 2 atom stereocenters. The van der Waals surface area contributed by atoms with Crippen molar-refractivity contribution >= 4 is 46.4 Å². The second-order valence-corrected chi connectivity index (χ2v) is 7.22. The summed E-state index contributed by atoms with van der Waals surface area (Å²) in [5.41, 5.74) is 1.34. The van der Waals surface area contributed by atoms with Gasteiger partial charge in [0.25, 0.3) is 5.91 Å². The third-order valence-electron chi connectivity index (χ3n) is 3.92. The Hall–Kier alpha value is -3.15. The minimum absolute atomic E-state index is 0.0678. The van der Waals surface area contributed by atoms with Gasteiger partial charge in [-0.1, -0.05) is 0 Å². The summed E-state index contributed by atoms with van der Waals surface area (Å²) in [5.74, 6) is -2.23. The molecule has 0 saturated carbocycles. The summed E-state index contributed by atoms with van der Waals surface area (Å²) in [6, 6.07) is 4.03. The van der Waals surface area contributed by atoms with E-state index in [1.165, 1.54) is 24.0 Å². The number of anilines is 1. The van der Waals surface area contributed by atoms with Gasteiger partial charge in [-0.3, -0.25) is 19.3 Å². The van der Waals surface area contributed by atoms with Crippen LogP contribution in [0.5, 0.6) is 0 Å². The van der Waals surface area contributed by atoms with E-state index < -0.39 is 35.3 Å². The van der Waals surface area contributed by atoms with Crippen LogP contribution in [0.2, 0.25) is 0 Å². The van der Waals surface area contributed by atoms with Gasteiger partial charge in [0.05, 0.1) is 18.8 Å². The number of cyclic esters (lactones) is 1. The molecule has 2 aliphatic heterocycles. The van der Waals surface area contributed by atoms with Crippen molar-refractivity contribution in [1.29, 1.82) is 0 Å². The largest absolute Gasteiger partial charge is 0.442 e. The highest BCUT2D eigenvalue weighted by molar-refractivity contribution is 8.15. The Morgan fingerprint density at radius 3 is 2.83 bits per heavy atom. The Labute approximate surface area is 168 Å². The maximum atomic E-state index is 14.7. The first-order valence-electron chi connectivity index (χ1n) is 8.48. The SMILES string of the molecule is CC(=O)NC[C@H]1CN(c2ccc(C3=NNC(=O)C(OC(C)=O)S3)c(F)c2)C(=O)O1. The van der Waals surface area contributed by atoms with Gasteiger partial charge >= 0.3 is 12.1 Å². The zero-order valence-corrected chi connectivity index (χ0v) is 16.2. The molecule has 0 aliphatic carbocycles. The van der Waals surface area contributed by atoms with E-state index in [4.69, 9.17) is 9.47 Å². The zero-order valence-electron chi connectivity index (χ0n) is 15.4. The molecule has 2 heterocycles. The molecule has 1 fully saturated rings. The number of esters is 1. The van der Waals surface area contributed by atoms with Crippen LogP contribution < -0.4 is 15.6 Å². The third kappa shape index (κ3) is 4.83. The summed E-state index contributed by atoms with van der Waals surface area (Å²) >= 11 is 0.793. The molecule has 12 heteroatoms. The first-order valence-corrected chi connectivity index (χ1v) is 9.36. The van der Waals surface area contributed by atoms with Gasteiger partial charge in [-0.15, -0.1) is 0 Å². The number of ether oxygens (including phenoxy) is 2. The van der Waals surface area contributed by atoms with Crippen LogP contribution in [0.25, 0.3) is 0 Å². The molecule has 1 saturated heterocycles. The molecule has 0 spiro atoms. The molecular formula is C17H17FN4O6S. The summed E-state index contributed by atoms with van der Waals surface area (Å²) in [6.45, 7) is 2.81. The van der Waals surface area contributed by atoms with E-state index >= 15 is 0 Å². The van der Waals surface area contributed by atoms with Gasteiger partial charge in [0.2, 0.25) is 11.3 Å². The van der Waals surface area contributed by atoms with E-state index in [2.05, 4.69) is 15.8 Å². The lowest BCUT2D eigenvalue weighted by Crippen LogP contribution is -2.37. The van der Waals surface area contributed by atoms with Crippen molar-refractivity contribution < 1.29 is 33.0 Å². The second-order valence-electron chi connectivity index (χ2n) is 6.17. The molecule has 1 unspecified atom stereocenters. The number of benzene rings is 1. The second kappa shape index (κ2) is 8.47. The molecule has 154 valence electrons. The van der Waals surface area contributed by atoms with Crippen LogP contribution in [0.3, 0.4) is 0 Å². The monoisotopic (exact) mass is 424 g/mol. The number of carbonyl (C=O) groups is 4. The molecule has 1 aromatic rings. The van der Waals surface area contributed by atoms with Crippen molar-refractivity contribution in [2.75, 3.05) is 18.0 Å². The van der Waals surface area contributed by atoms with Gasteiger partial charge in [0.15, 0.2) is 0 Å². The van der Waals surface area contributed by atoms with Crippen molar-refractivity contribution in [1.82, 2.24) is 10.7 Å². The minimum atomic E-state index is -1.18. The lowest BCUT2D eigenvalue weighted by molar-refractivity contribution is -0.148. The maximum Gasteiger partial charge on any atom is 0.414 e. The van der Waals surface area contributed by atoms with Crippen LogP contribution in [0.1, 0.15) is 19.4 Å². The fourth-order valence-electron chi connectivity index (χ4n) is 2.63. The summed E-state index contributed by atoms with van der Waals surface area (Å²) in [6.07, 6.45) is -1.20. The van der Waals surface area contributed by atoms with Gasteiger partial charge in [0, 0.05) is 19.4 Å². The normalized spacial score (nSPS) is 21.2. The number of nitrogens with zero attached hydrogens (tertiary/aromatic N) is 2. The lowest BCUT2D eigenvalue weighted by Gasteiger charge is -2.21. The van der Waals surface area contributed by atoms with Crippen LogP contribution >= 0.6 is 11.8 Å². The zero-order chi connectivity index (χ0) is 21.1. The van der Waals surface area contributed by atoms with Gasteiger partial charge in [-0.25, -0.2) is 14.6 Å². The fraction of sp³-hybridized carbons (Fsp3) is 0.353. The Kier molecular flexibility index (Phi) is 6.01. The minimum Gasteiger partial charge on any atom is -0.442 e. The number of rotatable bonds is 5. The van der Waals surface area contributed by atoms with Gasteiger partial charge < -0.3 is 14.8 Å². The number of hydrazone groups is 1. The van der Waals surface area contributed by atoms with Crippen molar-refractivity contribution in [3.05, 3.63) is 29.6 Å². The molecule has 0 aromatic heterocycles. The van der Waals surface area contributed by atoms with E-state index in [0.29, 0.717) is 0 Å². The van der Waals surface area contributed by atoms with Gasteiger partial charge in [-0.2, -0.15) is 5.10 Å². The quantitative estimate of drug-likeness (QED) is 0.666. The van der Waals surface area contributed by atoms with E-state index in [0.717, 1.165) is 24.8 Å². The molecule has 3 amide bonds. The topological polar surface area (TPSA) is 126 Å². The maximum absolute atomic E-state index is 14.7. The molecule has 2 aliphatic rings. The van der Waals surface area contributed by atoms with Crippen molar-refractivity contribution in [2.24, 2.45) is 5.10 Å². The van der Waals surface area contributed by atoms with Crippen molar-refractivity contribution in [3.63, 3.8) is 0 Å². The Bertz CT molecular complexity index is 908. The number of thioether (sulfide) groups is 1. The number of halogens is 1. The number of amides is 3. The first-order chi connectivity index (χ1) is 13.7. The standard InChI is InChI=1S/C17H17FN4O6S/c1-8(23)19-6-11-7-22(17(26)28-11)10-3-4-12(13(18)5-10)15-21-20-14(25)16(29-15)27-9(2)24/h3-5,11,16H,6-7H2,1-2H3,(H,19,23)(H,20,25)/t11-,16?/m0/s1. The molecule has 10 nitrogen and oxygen atoms in total. The first kappa shape index (κ1) is 20.6. The highest BCUT2D eigenvalue weighted by Crippen LogP contribution is 2.29. The van der Waals surface area contributed by atoms with Crippen LogP contribution in [-0.4, -0.2) is 53.6 Å². The van der Waals surface area contributed by atoms with Crippen LogP contribution in [0, 0.1) is 5.82 Å². The number of nitrogens with one attached hydrogen (secondary N) is 2. The summed E-state index contributed by atoms with van der Waals surface area (Å²) in [7, 11) is 0. The average Bonchev–Trinajstić information content (AvgIpc) is 3.02. The fourth-order valence-corrected chi connectivity index (χ4v) is 3.57. The van der Waals surface area contributed by atoms with Crippen LogP contribution in [0.4, 0.5) is 14.9 Å². The third-order valence-corrected chi connectivity index (χ3v) is 4.98. The van der Waals surface area contributed by atoms with Gasteiger partial charge in [-0.05, 0) is 30.0 Å². The molecular weight excluding hydrogens is 407 g/mol. The lowest BCUT2D eigenvalue weighted by atomic mass is 10.2. The summed E-state index contributed by atoms with van der Waals surface area (Å²) in [5, 5.41) is 6.47. The Morgan fingerprint density at radius 2 is 2.17 bits per heavy atom. The Morgan fingerprint density at radius 1 is 1.41 bits per heavy atom. The van der Waals surface area contributed by atoms with Crippen molar-refractivity contribution in [3.8, 4) is 0 Å². The highest BCUT2D eigenvalue weighted by atomic mass is 32.2. The molecule has 3 rings (SSSR count). The van der Waals surface area contributed by atoms with E-state index in [-0.39, 0.29) is 35.3 Å². The van der Waals surface area contributed by atoms with E-state index in [1.54, 1.807) is 0 Å².